The van der Waals surface area contributed by atoms with Crippen LogP contribution in [0.3, 0.4) is 0 Å². The molecule has 0 radical (unpaired) electrons. The van der Waals surface area contributed by atoms with Crippen LogP contribution in [0, 0.1) is 0 Å². The van der Waals surface area contributed by atoms with Crippen molar-refractivity contribution in [1.82, 2.24) is 5.32 Å². The van der Waals surface area contributed by atoms with E-state index in [-0.39, 0.29) is 6.03 Å². The van der Waals surface area contributed by atoms with Crippen LogP contribution >= 0.6 is 0 Å². The number of anilines is 1. The van der Waals surface area contributed by atoms with Crippen molar-refractivity contribution in [1.29, 1.82) is 0 Å². The molecule has 2 amide bonds. The maximum absolute atomic E-state index is 12.1. The van der Waals surface area contributed by atoms with Crippen LogP contribution in [0.1, 0.15) is 24.5 Å². The molecule has 0 unspecified atom stereocenters. The summed E-state index contributed by atoms with van der Waals surface area (Å²) >= 11 is 0. The fraction of sp³-hybridized carbons (Fsp3) is 0.316. The van der Waals surface area contributed by atoms with Crippen LogP contribution in [0.5, 0.6) is 5.75 Å². The first-order valence-corrected chi connectivity index (χ1v) is 8.06. The summed E-state index contributed by atoms with van der Waals surface area (Å²) in [4.78, 5) is 12.1. The summed E-state index contributed by atoms with van der Waals surface area (Å²) in [6, 6.07) is 14.9. The Morgan fingerprint density at radius 3 is 2.62 bits per heavy atom. The molecule has 0 fully saturated rings. The van der Waals surface area contributed by atoms with Crippen LogP contribution < -0.4 is 15.4 Å². The van der Waals surface area contributed by atoms with Gasteiger partial charge in [0.25, 0.3) is 0 Å². The lowest BCUT2D eigenvalue weighted by Crippen LogP contribution is -2.28. The van der Waals surface area contributed by atoms with Crippen molar-refractivity contribution in [3.05, 3.63) is 59.7 Å². The summed E-state index contributed by atoms with van der Waals surface area (Å²) < 4.78 is 10.7. The minimum absolute atomic E-state index is 0.257. The molecule has 0 spiro atoms. The summed E-state index contributed by atoms with van der Waals surface area (Å²) in [5, 5.41) is 5.67. The molecule has 2 rings (SSSR count). The molecule has 0 saturated heterocycles. The predicted molar refractivity (Wildman–Crippen MR) is 95.2 cm³/mol. The number of rotatable bonds is 8. The van der Waals surface area contributed by atoms with E-state index < -0.39 is 0 Å². The minimum Gasteiger partial charge on any atom is -0.497 e. The van der Waals surface area contributed by atoms with Crippen LogP contribution in [0.4, 0.5) is 10.5 Å². The molecule has 0 atom stereocenters. The van der Waals surface area contributed by atoms with Gasteiger partial charge in [0.1, 0.15) is 5.75 Å². The fourth-order valence-corrected chi connectivity index (χ4v) is 2.25. The quantitative estimate of drug-likeness (QED) is 0.722. The number of hydrogen-bond donors (Lipinski definition) is 2. The first kappa shape index (κ1) is 17.8. The molecule has 2 N–H and O–H groups in total. The van der Waals surface area contributed by atoms with E-state index in [0.717, 1.165) is 24.2 Å². The second-order valence-corrected chi connectivity index (χ2v) is 5.36. The van der Waals surface area contributed by atoms with Crippen molar-refractivity contribution in [2.24, 2.45) is 0 Å². The molecule has 24 heavy (non-hydrogen) atoms. The van der Waals surface area contributed by atoms with Crippen molar-refractivity contribution in [2.45, 2.75) is 26.5 Å². The van der Waals surface area contributed by atoms with Crippen LogP contribution in [-0.2, 0) is 17.9 Å². The lowest BCUT2D eigenvalue weighted by atomic mass is 10.1. The lowest BCUT2D eigenvalue weighted by molar-refractivity contribution is 0.121. The zero-order chi connectivity index (χ0) is 17.2. The van der Waals surface area contributed by atoms with Gasteiger partial charge in [0, 0.05) is 24.9 Å². The average Bonchev–Trinajstić information content (AvgIpc) is 2.61. The second-order valence-electron chi connectivity index (χ2n) is 5.36. The van der Waals surface area contributed by atoms with E-state index in [4.69, 9.17) is 9.47 Å². The number of carbonyl (C=O) groups excluding carboxylic acids is 1. The molecule has 0 bridgehead atoms. The third-order valence-electron chi connectivity index (χ3n) is 3.49. The molecule has 0 heterocycles. The van der Waals surface area contributed by atoms with E-state index in [1.807, 2.05) is 42.5 Å². The predicted octanol–water partition coefficient (Wildman–Crippen LogP) is 3.94. The van der Waals surface area contributed by atoms with Gasteiger partial charge in [0.15, 0.2) is 0 Å². The Hall–Kier alpha value is -2.53. The SMILES string of the molecule is CCCOCc1ccccc1CNC(=O)Nc1cccc(OC)c1. The van der Waals surface area contributed by atoms with Gasteiger partial charge in [-0.3, -0.25) is 0 Å². The van der Waals surface area contributed by atoms with Gasteiger partial charge in [-0.15, -0.1) is 0 Å². The summed E-state index contributed by atoms with van der Waals surface area (Å²) in [5.74, 6) is 0.700. The molecule has 0 aliphatic rings. The van der Waals surface area contributed by atoms with Gasteiger partial charge >= 0.3 is 6.03 Å². The number of ether oxygens (including phenoxy) is 2. The number of methoxy groups -OCH3 is 1. The third-order valence-corrected chi connectivity index (χ3v) is 3.49. The van der Waals surface area contributed by atoms with Crippen molar-refractivity contribution in [3.63, 3.8) is 0 Å². The molecule has 5 heteroatoms. The second kappa shape index (κ2) is 9.57. The Morgan fingerprint density at radius 1 is 1.08 bits per heavy atom. The summed E-state index contributed by atoms with van der Waals surface area (Å²) in [7, 11) is 1.59. The highest BCUT2D eigenvalue weighted by molar-refractivity contribution is 5.89. The Labute approximate surface area is 143 Å². The van der Waals surface area contributed by atoms with Crippen molar-refractivity contribution >= 4 is 11.7 Å². The summed E-state index contributed by atoms with van der Waals surface area (Å²) in [6.45, 7) is 3.82. The summed E-state index contributed by atoms with van der Waals surface area (Å²) in [6.07, 6.45) is 0.989. The number of nitrogens with one attached hydrogen (secondary N) is 2. The van der Waals surface area contributed by atoms with Gasteiger partial charge in [0.05, 0.1) is 13.7 Å². The molecule has 0 saturated carbocycles. The molecule has 5 nitrogen and oxygen atoms in total. The van der Waals surface area contributed by atoms with Crippen molar-refractivity contribution in [3.8, 4) is 5.75 Å². The molecule has 0 aliphatic heterocycles. The first-order valence-electron chi connectivity index (χ1n) is 8.06. The number of hydrogen-bond acceptors (Lipinski definition) is 3. The van der Waals surface area contributed by atoms with E-state index in [1.54, 1.807) is 13.2 Å². The standard InChI is InChI=1S/C19H24N2O3/c1-3-11-24-14-16-8-5-4-7-15(16)13-20-19(22)21-17-9-6-10-18(12-17)23-2/h4-10,12H,3,11,13-14H2,1-2H3,(H2,20,21,22). The van der Waals surface area contributed by atoms with Crippen LogP contribution in [0.2, 0.25) is 0 Å². The lowest BCUT2D eigenvalue weighted by Gasteiger charge is -2.12. The van der Waals surface area contributed by atoms with Gasteiger partial charge in [-0.2, -0.15) is 0 Å². The maximum Gasteiger partial charge on any atom is 0.319 e. The van der Waals surface area contributed by atoms with Crippen molar-refractivity contribution < 1.29 is 14.3 Å². The Balaban J connectivity index is 1.89. The Kier molecular flexibility index (Phi) is 7.11. The zero-order valence-electron chi connectivity index (χ0n) is 14.2. The highest BCUT2D eigenvalue weighted by atomic mass is 16.5. The van der Waals surface area contributed by atoms with Crippen LogP contribution in [-0.4, -0.2) is 19.7 Å². The smallest absolute Gasteiger partial charge is 0.319 e. The molecular formula is C19H24N2O3. The van der Waals surface area contributed by atoms with E-state index in [2.05, 4.69) is 17.6 Å². The van der Waals surface area contributed by atoms with Crippen LogP contribution in [0.15, 0.2) is 48.5 Å². The largest absolute Gasteiger partial charge is 0.497 e. The van der Waals surface area contributed by atoms with Gasteiger partial charge < -0.3 is 20.1 Å². The minimum atomic E-state index is -0.257. The maximum atomic E-state index is 12.1. The number of amides is 2. The molecular weight excluding hydrogens is 304 g/mol. The van der Waals surface area contributed by atoms with E-state index in [1.165, 1.54) is 0 Å². The monoisotopic (exact) mass is 328 g/mol. The van der Waals surface area contributed by atoms with Gasteiger partial charge in [-0.1, -0.05) is 37.3 Å². The summed E-state index contributed by atoms with van der Waals surface area (Å²) in [5.41, 5.74) is 2.83. The van der Waals surface area contributed by atoms with Crippen LogP contribution in [0.25, 0.3) is 0 Å². The topological polar surface area (TPSA) is 59.6 Å². The average molecular weight is 328 g/mol. The van der Waals surface area contributed by atoms with E-state index in [0.29, 0.717) is 24.6 Å². The normalized spacial score (nSPS) is 10.2. The number of benzene rings is 2. The Morgan fingerprint density at radius 2 is 1.88 bits per heavy atom. The molecule has 0 aromatic heterocycles. The molecule has 2 aromatic carbocycles. The number of urea groups is 1. The Bertz CT molecular complexity index is 659. The number of carbonyl (C=O) groups is 1. The zero-order valence-corrected chi connectivity index (χ0v) is 14.2. The molecule has 2 aromatic rings. The van der Waals surface area contributed by atoms with Gasteiger partial charge in [-0.25, -0.2) is 4.79 Å². The molecule has 0 aliphatic carbocycles. The highest BCUT2D eigenvalue weighted by Gasteiger charge is 2.06. The molecule has 128 valence electrons. The van der Waals surface area contributed by atoms with E-state index in [9.17, 15) is 4.79 Å². The van der Waals surface area contributed by atoms with Gasteiger partial charge in [0.2, 0.25) is 0 Å². The first-order chi connectivity index (χ1) is 11.7. The highest BCUT2D eigenvalue weighted by Crippen LogP contribution is 2.16. The van der Waals surface area contributed by atoms with Crippen molar-refractivity contribution in [2.75, 3.05) is 19.0 Å². The third kappa shape index (κ3) is 5.59. The fourth-order valence-electron chi connectivity index (χ4n) is 2.25. The van der Waals surface area contributed by atoms with Gasteiger partial charge in [-0.05, 0) is 29.7 Å². The van der Waals surface area contributed by atoms with E-state index >= 15 is 0 Å².